The molecule has 0 aliphatic rings. The third-order valence-electron chi connectivity index (χ3n) is 3.36. The predicted octanol–water partition coefficient (Wildman–Crippen LogP) is 1.82. The van der Waals surface area contributed by atoms with Crippen LogP contribution in [-0.2, 0) is 14.8 Å². The molecule has 0 spiro atoms. The molecule has 2 aromatic rings. The van der Waals surface area contributed by atoms with Crippen molar-refractivity contribution in [3.8, 4) is 0 Å². The largest absolute Gasteiger partial charge is 0.431 e. The molecule has 1 amide bonds. The number of amides is 1. The van der Waals surface area contributed by atoms with E-state index in [-0.39, 0.29) is 10.1 Å². The lowest BCUT2D eigenvalue weighted by molar-refractivity contribution is -0.117. The van der Waals surface area contributed by atoms with Gasteiger partial charge in [-0.1, -0.05) is 25.6 Å². The standard InChI is InChI=1S/C14H19N3O4S2/c1-4-17(5-2)23(19,20)10-6-7-12-11(8-10)16-14(21-12)22-9(3)13(15)18/h6-9H,4-5H2,1-3H3,(H2,15,18)/t9-/m1/s1. The van der Waals surface area contributed by atoms with E-state index < -0.39 is 21.2 Å². The average Bonchev–Trinajstić information content (AvgIpc) is 2.89. The van der Waals surface area contributed by atoms with E-state index in [0.717, 1.165) is 11.8 Å². The molecule has 7 nitrogen and oxygen atoms in total. The second kappa shape index (κ2) is 6.90. The highest BCUT2D eigenvalue weighted by Crippen LogP contribution is 2.28. The second-order valence-electron chi connectivity index (χ2n) is 4.86. The van der Waals surface area contributed by atoms with Gasteiger partial charge in [-0.25, -0.2) is 13.4 Å². The van der Waals surface area contributed by atoms with Gasteiger partial charge in [0.15, 0.2) is 5.58 Å². The Morgan fingerprint density at radius 2 is 2.04 bits per heavy atom. The quantitative estimate of drug-likeness (QED) is 0.758. The van der Waals surface area contributed by atoms with Crippen molar-refractivity contribution >= 4 is 38.8 Å². The Balaban J connectivity index is 2.38. The van der Waals surface area contributed by atoms with Gasteiger partial charge in [0, 0.05) is 13.1 Å². The summed E-state index contributed by atoms with van der Waals surface area (Å²) in [6.07, 6.45) is 0. The Morgan fingerprint density at radius 1 is 1.39 bits per heavy atom. The summed E-state index contributed by atoms with van der Waals surface area (Å²) in [7, 11) is -3.55. The fourth-order valence-corrected chi connectivity index (χ4v) is 4.20. The van der Waals surface area contributed by atoms with Gasteiger partial charge in [0.1, 0.15) is 5.52 Å². The summed E-state index contributed by atoms with van der Waals surface area (Å²) in [4.78, 5) is 15.5. The maximum absolute atomic E-state index is 12.5. The first kappa shape index (κ1) is 17.8. The second-order valence-corrected chi connectivity index (χ2v) is 8.09. The molecule has 0 bridgehead atoms. The van der Waals surface area contributed by atoms with E-state index in [0.29, 0.717) is 24.2 Å². The molecule has 0 aliphatic carbocycles. The lowest BCUT2D eigenvalue weighted by atomic mass is 10.3. The number of nitrogens with zero attached hydrogens (tertiary/aromatic N) is 2. The van der Waals surface area contributed by atoms with E-state index >= 15 is 0 Å². The van der Waals surface area contributed by atoms with Crippen LogP contribution in [0.25, 0.3) is 11.1 Å². The SMILES string of the molecule is CCN(CC)S(=O)(=O)c1ccc2oc(S[C@H](C)C(N)=O)nc2c1. The van der Waals surface area contributed by atoms with Gasteiger partial charge in [-0.3, -0.25) is 4.79 Å². The molecule has 0 saturated carbocycles. The van der Waals surface area contributed by atoms with Gasteiger partial charge in [0.2, 0.25) is 15.9 Å². The Bertz CT molecular complexity index is 813. The van der Waals surface area contributed by atoms with Crippen LogP contribution in [0.5, 0.6) is 0 Å². The molecule has 0 saturated heterocycles. The van der Waals surface area contributed by atoms with Crippen molar-refractivity contribution in [2.24, 2.45) is 5.73 Å². The molecule has 2 rings (SSSR count). The van der Waals surface area contributed by atoms with Crippen LogP contribution >= 0.6 is 11.8 Å². The smallest absolute Gasteiger partial charge is 0.257 e. The number of carbonyl (C=O) groups excluding carboxylic acids is 1. The third-order valence-corrected chi connectivity index (χ3v) is 6.37. The van der Waals surface area contributed by atoms with Gasteiger partial charge < -0.3 is 10.2 Å². The van der Waals surface area contributed by atoms with E-state index in [1.807, 2.05) is 0 Å². The minimum absolute atomic E-state index is 0.168. The molecule has 1 atom stereocenters. The molecule has 1 aromatic carbocycles. The van der Waals surface area contributed by atoms with Crippen molar-refractivity contribution in [3.05, 3.63) is 18.2 Å². The van der Waals surface area contributed by atoms with Crippen LogP contribution < -0.4 is 5.73 Å². The van der Waals surface area contributed by atoms with E-state index in [4.69, 9.17) is 10.2 Å². The van der Waals surface area contributed by atoms with Crippen LogP contribution in [0.4, 0.5) is 0 Å². The molecule has 0 radical (unpaired) electrons. The first-order valence-electron chi connectivity index (χ1n) is 7.16. The number of sulfonamides is 1. The predicted molar refractivity (Wildman–Crippen MR) is 88.6 cm³/mol. The summed E-state index contributed by atoms with van der Waals surface area (Å²) in [5.41, 5.74) is 6.10. The summed E-state index contributed by atoms with van der Waals surface area (Å²) < 4.78 is 31.9. The highest BCUT2D eigenvalue weighted by Gasteiger charge is 2.23. The fraction of sp³-hybridized carbons (Fsp3) is 0.429. The maximum Gasteiger partial charge on any atom is 0.257 e. The number of fused-ring (bicyclic) bond motifs is 1. The van der Waals surface area contributed by atoms with Crippen molar-refractivity contribution in [2.45, 2.75) is 36.1 Å². The number of carbonyl (C=O) groups is 1. The molecule has 0 fully saturated rings. The number of nitrogens with two attached hydrogens (primary N) is 1. The van der Waals surface area contributed by atoms with E-state index in [1.54, 1.807) is 26.8 Å². The fourth-order valence-electron chi connectivity index (χ4n) is 2.02. The normalized spacial score (nSPS) is 13.6. The minimum atomic E-state index is -3.55. The zero-order chi connectivity index (χ0) is 17.2. The van der Waals surface area contributed by atoms with Gasteiger partial charge in [0.25, 0.3) is 5.22 Å². The number of benzene rings is 1. The van der Waals surface area contributed by atoms with Crippen LogP contribution in [0.1, 0.15) is 20.8 Å². The number of rotatable bonds is 7. The number of thioether (sulfide) groups is 1. The van der Waals surface area contributed by atoms with Crippen molar-refractivity contribution in [1.29, 1.82) is 0 Å². The average molecular weight is 357 g/mol. The van der Waals surface area contributed by atoms with Gasteiger partial charge in [-0.05, 0) is 25.1 Å². The molecule has 9 heteroatoms. The van der Waals surface area contributed by atoms with Gasteiger partial charge in [-0.2, -0.15) is 4.31 Å². The van der Waals surface area contributed by atoms with Crippen molar-refractivity contribution in [1.82, 2.24) is 9.29 Å². The van der Waals surface area contributed by atoms with E-state index in [2.05, 4.69) is 4.98 Å². The van der Waals surface area contributed by atoms with Crippen molar-refractivity contribution in [3.63, 3.8) is 0 Å². The molecule has 0 unspecified atom stereocenters. The first-order chi connectivity index (χ1) is 10.8. The summed E-state index contributed by atoms with van der Waals surface area (Å²) in [6, 6.07) is 4.54. The van der Waals surface area contributed by atoms with Crippen LogP contribution in [-0.4, -0.2) is 42.0 Å². The third kappa shape index (κ3) is 3.67. The number of oxazole rings is 1. The van der Waals surface area contributed by atoms with Crippen molar-refractivity contribution in [2.75, 3.05) is 13.1 Å². The van der Waals surface area contributed by atoms with E-state index in [9.17, 15) is 13.2 Å². The Kier molecular flexibility index (Phi) is 5.33. The van der Waals surface area contributed by atoms with Gasteiger partial charge in [0.05, 0.1) is 10.1 Å². The molecular formula is C14H19N3O4S2. The highest BCUT2D eigenvalue weighted by molar-refractivity contribution is 8.00. The molecular weight excluding hydrogens is 338 g/mol. The molecule has 0 aliphatic heterocycles. The molecule has 1 heterocycles. The van der Waals surface area contributed by atoms with E-state index in [1.165, 1.54) is 16.4 Å². The number of hydrogen-bond acceptors (Lipinski definition) is 6. The molecule has 23 heavy (non-hydrogen) atoms. The lowest BCUT2D eigenvalue weighted by Crippen LogP contribution is -2.30. The summed E-state index contributed by atoms with van der Waals surface area (Å²) >= 11 is 1.09. The van der Waals surface area contributed by atoms with Crippen molar-refractivity contribution < 1.29 is 17.6 Å². The highest BCUT2D eigenvalue weighted by atomic mass is 32.2. The first-order valence-corrected chi connectivity index (χ1v) is 9.48. The van der Waals surface area contributed by atoms with Gasteiger partial charge in [-0.15, -0.1) is 0 Å². The number of aromatic nitrogens is 1. The summed E-state index contributed by atoms with van der Waals surface area (Å²) in [6.45, 7) is 6.02. The summed E-state index contributed by atoms with van der Waals surface area (Å²) in [5.74, 6) is -0.470. The Labute approximate surface area is 139 Å². The molecule has 1 aromatic heterocycles. The Morgan fingerprint density at radius 3 is 2.61 bits per heavy atom. The number of hydrogen-bond donors (Lipinski definition) is 1. The van der Waals surface area contributed by atoms with Crippen LogP contribution in [0.2, 0.25) is 0 Å². The molecule has 126 valence electrons. The summed E-state index contributed by atoms with van der Waals surface area (Å²) in [5, 5.41) is -0.203. The zero-order valence-corrected chi connectivity index (χ0v) is 14.8. The zero-order valence-electron chi connectivity index (χ0n) is 13.1. The minimum Gasteiger partial charge on any atom is -0.431 e. The van der Waals surface area contributed by atoms with Crippen LogP contribution in [0.15, 0.2) is 32.7 Å². The number of primary amides is 1. The van der Waals surface area contributed by atoms with Gasteiger partial charge >= 0.3 is 0 Å². The van der Waals surface area contributed by atoms with Crippen LogP contribution in [0.3, 0.4) is 0 Å². The maximum atomic E-state index is 12.5. The Hall–Kier alpha value is -1.58. The lowest BCUT2D eigenvalue weighted by Gasteiger charge is -2.18. The topological polar surface area (TPSA) is 107 Å². The van der Waals surface area contributed by atoms with Crippen LogP contribution in [0, 0.1) is 0 Å². The monoisotopic (exact) mass is 357 g/mol. The molecule has 2 N–H and O–H groups in total.